The van der Waals surface area contributed by atoms with Crippen LogP contribution in [0.25, 0.3) is 11.0 Å². The highest BCUT2D eigenvalue weighted by atomic mass is 16.5. The van der Waals surface area contributed by atoms with E-state index in [1.54, 1.807) is 17.1 Å². The second-order valence-corrected chi connectivity index (χ2v) is 5.19. The molecule has 0 saturated carbocycles. The average molecular weight is 277 g/mol. The van der Waals surface area contributed by atoms with Gasteiger partial charge in [0.25, 0.3) is 0 Å². The zero-order chi connectivity index (χ0) is 14.1. The molecule has 1 aliphatic heterocycles. The molecule has 0 spiro atoms. The predicted molar refractivity (Wildman–Crippen MR) is 74.7 cm³/mol. The Morgan fingerprint density at radius 3 is 3.10 bits per heavy atom. The topological polar surface area (TPSA) is 76.3 Å². The third-order valence-corrected chi connectivity index (χ3v) is 3.63. The maximum atomic E-state index is 9.29. The summed E-state index contributed by atoms with van der Waals surface area (Å²) >= 11 is 0. The Labute approximate surface area is 117 Å². The lowest BCUT2D eigenvalue weighted by atomic mass is 10.3. The number of hydrogen-bond acceptors (Lipinski definition) is 6. The molecule has 0 amide bonds. The van der Waals surface area contributed by atoms with E-state index in [1.165, 1.54) is 0 Å². The number of morpholine rings is 1. The molecule has 108 valence electrons. The summed E-state index contributed by atoms with van der Waals surface area (Å²) in [5, 5.41) is 14.5. The van der Waals surface area contributed by atoms with Crippen LogP contribution in [0.4, 0.5) is 5.95 Å². The summed E-state index contributed by atoms with van der Waals surface area (Å²) in [6.45, 7) is 6.21. The highest BCUT2D eigenvalue weighted by Gasteiger charge is 2.22. The second kappa shape index (κ2) is 5.34. The van der Waals surface area contributed by atoms with Crippen LogP contribution in [0.2, 0.25) is 0 Å². The Morgan fingerprint density at radius 1 is 1.50 bits per heavy atom. The van der Waals surface area contributed by atoms with E-state index in [0.29, 0.717) is 19.2 Å². The van der Waals surface area contributed by atoms with Crippen molar-refractivity contribution in [2.75, 3.05) is 31.3 Å². The largest absolute Gasteiger partial charge is 0.394 e. The van der Waals surface area contributed by atoms with Crippen LogP contribution >= 0.6 is 0 Å². The summed E-state index contributed by atoms with van der Waals surface area (Å²) in [5.41, 5.74) is 0.759. The fraction of sp³-hybridized carbons (Fsp3) is 0.615. The Morgan fingerprint density at radius 2 is 2.35 bits per heavy atom. The summed E-state index contributed by atoms with van der Waals surface area (Å²) in [6, 6.07) is 0.158. The van der Waals surface area contributed by atoms with Gasteiger partial charge in [0, 0.05) is 12.7 Å². The van der Waals surface area contributed by atoms with Crippen molar-refractivity contribution in [3.8, 4) is 0 Å². The van der Waals surface area contributed by atoms with Gasteiger partial charge in [-0.3, -0.25) is 0 Å². The van der Waals surface area contributed by atoms with E-state index in [9.17, 15) is 5.11 Å². The summed E-state index contributed by atoms with van der Waals surface area (Å²) in [6.07, 6.45) is 3.52. The van der Waals surface area contributed by atoms with E-state index < -0.39 is 0 Å². The molecule has 1 aliphatic rings. The molecule has 1 unspecified atom stereocenters. The SMILES string of the molecule is CC(CO)n1ncc2cnc(N3CCOC[C@H]3C)nc21. The Kier molecular flexibility index (Phi) is 3.54. The molecule has 2 aromatic rings. The highest BCUT2D eigenvalue weighted by Crippen LogP contribution is 2.20. The van der Waals surface area contributed by atoms with E-state index in [2.05, 4.69) is 26.9 Å². The zero-order valence-corrected chi connectivity index (χ0v) is 11.7. The maximum Gasteiger partial charge on any atom is 0.227 e. The van der Waals surface area contributed by atoms with Gasteiger partial charge in [-0.25, -0.2) is 9.67 Å². The lowest BCUT2D eigenvalue weighted by Crippen LogP contribution is -2.44. The van der Waals surface area contributed by atoms with Gasteiger partial charge in [0.1, 0.15) is 0 Å². The molecule has 0 aliphatic carbocycles. The fourth-order valence-corrected chi connectivity index (χ4v) is 2.39. The molecule has 20 heavy (non-hydrogen) atoms. The molecule has 0 radical (unpaired) electrons. The summed E-state index contributed by atoms with van der Waals surface area (Å²) in [4.78, 5) is 11.2. The quantitative estimate of drug-likeness (QED) is 0.885. The van der Waals surface area contributed by atoms with Gasteiger partial charge in [-0.15, -0.1) is 0 Å². The molecule has 1 N–H and O–H groups in total. The lowest BCUT2D eigenvalue weighted by molar-refractivity contribution is 0.0981. The highest BCUT2D eigenvalue weighted by molar-refractivity contribution is 5.74. The van der Waals surface area contributed by atoms with Crippen LogP contribution in [0.5, 0.6) is 0 Å². The van der Waals surface area contributed by atoms with E-state index >= 15 is 0 Å². The molecule has 7 nitrogen and oxygen atoms in total. The molecule has 2 aromatic heterocycles. The van der Waals surface area contributed by atoms with Crippen molar-refractivity contribution in [3.05, 3.63) is 12.4 Å². The predicted octanol–water partition coefficient (Wildman–Crippen LogP) is 0.605. The molecule has 2 atom stereocenters. The van der Waals surface area contributed by atoms with Gasteiger partial charge in [-0.05, 0) is 13.8 Å². The first-order valence-corrected chi connectivity index (χ1v) is 6.86. The smallest absolute Gasteiger partial charge is 0.227 e. The third kappa shape index (κ3) is 2.23. The molecular formula is C13H19N5O2. The first kappa shape index (κ1) is 13.3. The molecule has 0 bridgehead atoms. The number of nitrogens with zero attached hydrogens (tertiary/aromatic N) is 5. The molecule has 3 heterocycles. The van der Waals surface area contributed by atoms with Crippen LogP contribution in [0, 0.1) is 0 Å². The van der Waals surface area contributed by atoms with Crippen molar-refractivity contribution in [1.29, 1.82) is 0 Å². The minimum Gasteiger partial charge on any atom is -0.394 e. The van der Waals surface area contributed by atoms with E-state index in [4.69, 9.17) is 4.74 Å². The van der Waals surface area contributed by atoms with Gasteiger partial charge in [0.2, 0.25) is 5.95 Å². The number of aliphatic hydroxyl groups is 1. The summed E-state index contributed by atoms with van der Waals surface area (Å²) in [5.74, 6) is 0.695. The molecule has 1 saturated heterocycles. The number of hydrogen-bond donors (Lipinski definition) is 1. The van der Waals surface area contributed by atoms with Crippen LogP contribution in [0.15, 0.2) is 12.4 Å². The monoisotopic (exact) mass is 277 g/mol. The van der Waals surface area contributed by atoms with Crippen molar-refractivity contribution in [3.63, 3.8) is 0 Å². The minimum absolute atomic E-state index is 0.0318. The first-order valence-electron chi connectivity index (χ1n) is 6.86. The summed E-state index contributed by atoms with van der Waals surface area (Å²) < 4.78 is 7.18. The van der Waals surface area contributed by atoms with Gasteiger partial charge in [-0.1, -0.05) is 0 Å². The van der Waals surface area contributed by atoms with Gasteiger partial charge in [0.15, 0.2) is 5.65 Å². The maximum absolute atomic E-state index is 9.29. The van der Waals surface area contributed by atoms with Gasteiger partial charge in [0.05, 0.1) is 43.5 Å². The average Bonchev–Trinajstić information content (AvgIpc) is 2.90. The zero-order valence-electron chi connectivity index (χ0n) is 11.7. The van der Waals surface area contributed by atoms with E-state index in [0.717, 1.165) is 17.6 Å². The van der Waals surface area contributed by atoms with Crippen molar-refractivity contribution in [2.45, 2.75) is 25.9 Å². The normalized spacial score (nSPS) is 21.4. The second-order valence-electron chi connectivity index (χ2n) is 5.19. The van der Waals surface area contributed by atoms with Gasteiger partial charge >= 0.3 is 0 Å². The third-order valence-electron chi connectivity index (χ3n) is 3.63. The number of fused-ring (bicyclic) bond motifs is 1. The summed E-state index contributed by atoms with van der Waals surface area (Å²) in [7, 11) is 0. The van der Waals surface area contributed by atoms with Crippen LogP contribution < -0.4 is 4.90 Å². The first-order chi connectivity index (χ1) is 9.70. The molecule has 1 fully saturated rings. The fourth-order valence-electron chi connectivity index (χ4n) is 2.39. The molecule has 3 rings (SSSR count). The van der Waals surface area contributed by atoms with Crippen LogP contribution in [-0.2, 0) is 4.74 Å². The van der Waals surface area contributed by atoms with Crippen molar-refractivity contribution < 1.29 is 9.84 Å². The molecular weight excluding hydrogens is 258 g/mol. The lowest BCUT2D eigenvalue weighted by Gasteiger charge is -2.33. The Hall–Kier alpha value is -1.73. The van der Waals surface area contributed by atoms with Crippen LogP contribution in [-0.4, -0.2) is 57.3 Å². The van der Waals surface area contributed by atoms with Gasteiger partial charge in [-0.2, -0.15) is 10.1 Å². The molecule has 7 heteroatoms. The van der Waals surface area contributed by atoms with Crippen molar-refractivity contribution >= 4 is 17.0 Å². The van der Waals surface area contributed by atoms with Gasteiger partial charge < -0.3 is 14.7 Å². The van der Waals surface area contributed by atoms with Crippen molar-refractivity contribution in [1.82, 2.24) is 19.7 Å². The molecule has 0 aromatic carbocycles. The minimum atomic E-state index is -0.0997. The number of anilines is 1. The Balaban J connectivity index is 2.00. The van der Waals surface area contributed by atoms with Crippen molar-refractivity contribution in [2.24, 2.45) is 0 Å². The van der Waals surface area contributed by atoms with Crippen LogP contribution in [0.3, 0.4) is 0 Å². The number of rotatable bonds is 3. The Bertz CT molecular complexity index is 599. The standard InChI is InChI=1S/C13H19N5O2/c1-9(7-19)18-12-11(6-15-18)5-14-13(16-12)17-3-4-20-8-10(17)2/h5-6,9-10,19H,3-4,7-8H2,1-2H3/t9?,10-/m1/s1. The van der Waals surface area contributed by atoms with Crippen LogP contribution in [0.1, 0.15) is 19.9 Å². The number of aromatic nitrogens is 4. The number of ether oxygens (including phenoxy) is 1. The van der Waals surface area contributed by atoms with E-state index in [1.807, 2.05) is 6.92 Å². The number of aliphatic hydroxyl groups excluding tert-OH is 1. The van der Waals surface area contributed by atoms with E-state index in [-0.39, 0.29) is 18.7 Å².